The maximum atomic E-state index is 11.5. The van der Waals surface area contributed by atoms with Gasteiger partial charge in [0.15, 0.2) is 5.96 Å². The van der Waals surface area contributed by atoms with Gasteiger partial charge < -0.3 is 25.4 Å². The van der Waals surface area contributed by atoms with Crippen LogP contribution in [0.5, 0.6) is 5.88 Å². The van der Waals surface area contributed by atoms with Crippen molar-refractivity contribution in [3.05, 3.63) is 23.9 Å². The Morgan fingerprint density at radius 2 is 1.96 bits per heavy atom. The molecule has 8 heteroatoms. The lowest BCUT2D eigenvalue weighted by atomic mass is 10.2. The van der Waals surface area contributed by atoms with Crippen LogP contribution >= 0.6 is 0 Å². The number of rotatable bonds is 6. The number of carbonyl (C=O) groups excluding carboxylic acids is 1. The molecule has 1 heterocycles. The number of methoxy groups -OCH3 is 1. The van der Waals surface area contributed by atoms with Gasteiger partial charge in [-0.3, -0.25) is 4.99 Å². The minimum atomic E-state index is -0.502. The van der Waals surface area contributed by atoms with E-state index in [0.717, 1.165) is 5.56 Å². The van der Waals surface area contributed by atoms with E-state index in [1.165, 1.54) is 0 Å². The number of hydrogen-bond acceptors (Lipinski definition) is 5. The van der Waals surface area contributed by atoms with Crippen LogP contribution < -0.4 is 20.7 Å². The molecule has 1 amide bonds. The number of nitrogens with zero attached hydrogens (tertiary/aromatic N) is 2. The van der Waals surface area contributed by atoms with E-state index in [4.69, 9.17) is 9.47 Å². The van der Waals surface area contributed by atoms with Gasteiger partial charge in [-0.1, -0.05) is 6.07 Å². The maximum Gasteiger partial charge on any atom is 0.407 e. The summed E-state index contributed by atoms with van der Waals surface area (Å²) in [5.74, 6) is 1.19. The molecule has 0 saturated heterocycles. The van der Waals surface area contributed by atoms with Crippen LogP contribution in [0.25, 0.3) is 0 Å². The van der Waals surface area contributed by atoms with E-state index in [1.54, 1.807) is 20.4 Å². The standard InChI is InChI=1S/C16H27N5O3/c1-16(2,3)24-15(22)20-10-9-19-14(17-4)21-11-12-7-6-8-18-13(12)23-5/h6-8H,9-11H2,1-5H3,(H,20,22)(H2,17,19,21). The molecule has 0 aromatic carbocycles. The minimum absolute atomic E-state index is 0.422. The van der Waals surface area contributed by atoms with Gasteiger partial charge in [-0.25, -0.2) is 9.78 Å². The summed E-state index contributed by atoms with van der Waals surface area (Å²) < 4.78 is 10.4. The van der Waals surface area contributed by atoms with Crippen LogP contribution in [-0.2, 0) is 11.3 Å². The Labute approximate surface area is 143 Å². The fraction of sp³-hybridized carbons (Fsp3) is 0.562. The third kappa shape index (κ3) is 7.66. The molecule has 0 aliphatic heterocycles. The zero-order valence-corrected chi connectivity index (χ0v) is 15.0. The molecule has 1 aromatic rings. The van der Waals surface area contributed by atoms with Crippen LogP contribution in [0.4, 0.5) is 4.79 Å². The first-order valence-corrected chi connectivity index (χ1v) is 7.75. The van der Waals surface area contributed by atoms with Crippen LogP contribution in [0.2, 0.25) is 0 Å². The van der Waals surface area contributed by atoms with Gasteiger partial charge in [-0.15, -0.1) is 0 Å². The fourth-order valence-electron chi connectivity index (χ4n) is 1.80. The van der Waals surface area contributed by atoms with Gasteiger partial charge in [0, 0.05) is 38.4 Å². The number of ether oxygens (including phenoxy) is 2. The van der Waals surface area contributed by atoms with Crippen LogP contribution in [0.15, 0.2) is 23.3 Å². The highest BCUT2D eigenvalue weighted by Gasteiger charge is 2.15. The Bertz CT molecular complexity index is 555. The fourth-order valence-corrected chi connectivity index (χ4v) is 1.80. The summed E-state index contributed by atoms with van der Waals surface area (Å²) in [7, 11) is 3.26. The predicted molar refractivity (Wildman–Crippen MR) is 93.2 cm³/mol. The minimum Gasteiger partial charge on any atom is -0.481 e. The number of aromatic nitrogens is 1. The van der Waals surface area contributed by atoms with E-state index >= 15 is 0 Å². The number of hydrogen-bond donors (Lipinski definition) is 3. The second-order valence-electron chi connectivity index (χ2n) is 5.95. The second kappa shape index (κ2) is 9.59. The maximum absolute atomic E-state index is 11.5. The van der Waals surface area contributed by atoms with Crippen molar-refractivity contribution in [2.24, 2.45) is 4.99 Å². The Morgan fingerprint density at radius 3 is 2.58 bits per heavy atom. The molecule has 0 spiro atoms. The van der Waals surface area contributed by atoms with Gasteiger partial charge in [0.05, 0.1) is 7.11 Å². The summed E-state index contributed by atoms with van der Waals surface area (Å²) in [5, 5.41) is 8.94. The quantitative estimate of drug-likeness (QED) is 0.411. The van der Waals surface area contributed by atoms with Crippen molar-refractivity contribution in [3.63, 3.8) is 0 Å². The highest BCUT2D eigenvalue weighted by Crippen LogP contribution is 2.12. The van der Waals surface area contributed by atoms with Gasteiger partial charge >= 0.3 is 6.09 Å². The number of carbonyl (C=O) groups is 1. The lowest BCUT2D eigenvalue weighted by Gasteiger charge is -2.20. The van der Waals surface area contributed by atoms with Gasteiger partial charge in [-0.05, 0) is 26.8 Å². The van der Waals surface area contributed by atoms with Gasteiger partial charge in [0.2, 0.25) is 5.88 Å². The molecule has 0 radical (unpaired) electrons. The van der Waals surface area contributed by atoms with Gasteiger partial charge in [0.25, 0.3) is 0 Å². The lowest BCUT2D eigenvalue weighted by Crippen LogP contribution is -2.42. The molecule has 8 nitrogen and oxygen atoms in total. The molecular weight excluding hydrogens is 310 g/mol. The Morgan fingerprint density at radius 1 is 1.25 bits per heavy atom. The average Bonchev–Trinajstić information content (AvgIpc) is 2.52. The topological polar surface area (TPSA) is 96.9 Å². The molecule has 0 fully saturated rings. The van der Waals surface area contributed by atoms with Crippen molar-refractivity contribution in [2.75, 3.05) is 27.2 Å². The summed E-state index contributed by atoms with van der Waals surface area (Å²) in [4.78, 5) is 19.8. The molecule has 24 heavy (non-hydrogen) atoms. The predicted octanol–water partition coefficient (Wildman–Crippen LogP) is 1.28. The first-order chi connectivity index (χ1) is 11.4. The van der Waals surface area contributed by atoms with Gasteiger partial charge in [-0.2, -0.15) is 0 Å². The zero-order valence-electron chi connectivity index (χ0n) is 15.0. The smallest absolute Gasteiger partial charge is 0.407 e. The van der Waals surface area contributed by atoms with Crippen LogP contribution in [0, 0.1) is 0 Å². The molecule has 0 saturated carbocycles. The van der Waals surface area contributed by atoms with Crippen molar-refractivity contribution >= 4 is 12.1 Å². The normalized spacial score (nSPS) is 11.6. The average molecular weight is 337 g/mol. The van der Waals surface area contributed by atoms with Crippen LogP contribution in [0.3, 0.4) is 0 Å². The first kappa shape index (κ1) is 19.5. The van der Waals surface area contributed by atoms with Crippen LogP contribution in [0.1, 0.15) is 26.3 Å². The van der Waals surface area contributed by atoms with Gasteiger partial charge in [0.1, 0.15) is 5.60 Å². The number of guanidine groups is 1. The molecule has 3 N–H and O–H groups in total. The van der Waals surface area contributed by atoms with E-state index in [-0.39, 0.29) is 0 Å². The van der Waals surface area contributed by atoms with Crippen molar-refractivity contribution in [2.45, 2.75) is 32.9 Å². The first-order valence-electron chi connectivity index (χ1n) is 7.75. The van der Waals surface area contributed by atoms with E-state index in [2.05, 4.69) is 25.9 Å². The summed E-state index contributed by atoms with van der Waals surface area (Å²) >= 11 is 0. The molecule has 1 aromatic heterocycles. The highest BCUT2D eigenvalue weighted by molar-refractivity contribution is 5.79. The number of amides is 1. The van der Waals surface area contributed by atoms with Crippen molar-refractivity contribution in [1.82, 2.24) is 20.9 Å². The molecule has 0 bridgehead atoms. The Kier molecular flexibility index (Phi) is 7.81. The summed E-state index contributed by atoms with van der Waals surface area (Å²) in [6.07, 6.45) is 1.24. The van der Waals surface area contributed by atoms with Crippen LogP contribution in [-0.4, -0.2) is 49.9 Å². The lowest BCUT2D eigenvalue weighted by molar-refractivity contribution is 0.0529. The highest BCUT2D eigenvalue weighted by atomic mass is 16.6. The van der Waals surface area contributed by atoms with E-state index in [9.17, 15) is 4.79 Å². The summed E-state index contributed by atoms with van der Waals surface area (Å²) in [5.41, 5.74) is 0.424. The number of aliphatic imine (C=N–C) groups is 1. The monoisotopic (exact) mass is 337 g/mol. The Hall–Kier alpha value is -2.51. The SMILES string of the molecule is CN=C(NCCNC(=O)OC(C)(C)C)NCc1cccnc1OC. The van der Waals surface area contributed by atoms with E-state index < -0.39 is 11.7 Å². The summed E-state index contributed by atoms with van der Waals surface area (Å²) in [6, 6.07) is 3.77. The molecular formula is C16H27N5O3. The summed E-state index contributed by atoms with van der Waals surface area (Å²) in [6.45, 7) is 6.93. The molecule has 0 atom stereocenters. The third-order valence-electron chi connectivity index (χ3n) is 2.80. The molecule has 0 aliphatic carbocycles. The third-order valence-corrected chi connectivity index (χ3v) is 2.80. The molecule has 0 unspecified atom stereocenters. The number of nitrogens with one attached hydrogen (secondary N) is 3. The van der Waals surface area contributed by atoms with E-state index in [1.807, 2.05) is 32.9 Å². The number of alkyl carbamates (subject to hydrolysis) is 1. The zero-order chi connectivity index (χ0) is 18.0. The van der Waals surface area contributed by atoms with E-state index in [0.29, 0.717) is 31.5 Å². The molecule has 0 aliphatic rings. The molecule has 1 rings (SSSR count). The largest absolute Gasteiger partial charge is 0.481 e. The van der Waals surface area contributed by atoms with Crippen molar-refractivity contribution in [3.8, 4) is 5.88 Å². The molecule has 134 valence electrons. The van der Waals surface area contributed by atoms with Crippen molar-refractivity contribution in [1.29, 1.82) is 0 Å². The van der Waals surface area contributed by atoms with Crippen molar-refractivity contribution < 1.29 is 14.3 Å². The second-order valence-corrected chi connectivity index (χ2v) is 5.95. The Balaban J connectivity index is 2.32. The number of pyridine rings is 1.